The molecule has 0 saturated heterocycles. The first-order chi connectivity index (χ1) is 13.5. The third kappa shape index (κ3) is 5.43. The standard InChI is InChI=1S/C21H17F3N4.2ClH/c22-21(23,24)17-6-3-14(4-7-17)11-26-19-8-5-15(12-27-19)10-16-13-28-20-18(16)2-1-9-25-20;;/h1-9,12-13H,10-11H2,(H,25,28)(H,26,27);2*1H. The summed E-state index contributed by atoms with van der Waals surface area (Å²) in [5.74, 6) is 0.671. The Labute approximate surface area is 183 Å². The highest BCUT2D eigenvalue weighted by Gasteiger charge is 2.29. The number of pyridine rings is 2. The van der Waals surface area contributed by atoms with Gasteiger partial charge >= 0.3 is 6.18 Å². The van der Waals surface area contributed by atoms with Gasteiger partial charge in [0.1, 0.15) is 11.5 Å². The first-order valence-electron chi connectivity index (χ1n) is 8.75. The molecule has 0 saturated carbocycles. The number of benzene rings is 1. The number of fused-ring (bicyclic) bond motifs is 1. The molecule has 0 spiro atoms. The molecule has 2 N–H and O–H groups in total. The molecule has 9 heteroatoms. The molecule has 0 fully saturated rings. The molecule has 30 heavy (non-hydrogen) atoms. The zero-order valence-corrected chi connectivity index (χ0v) is 17.2. The van der Waals surface area contributed by atoms with Gasteiger partial charge in [-0.3, -0.25) is 0 Å². The van der Waals surface area contributed by atoms with Crippen molar-refractivity contribution in [2.75, 3.05) is 5.32 Å². The molecule has 158 valence electrons. The van der Waals surface area contributed by atoms with Crippen molar-refractivity contribution >= 4 is 41.7 Å². The quantitative estimate of drug-likeness (QED) is 0.387. The summed E-state index contributed by atoms with van der Waals surface area (Å²) in [4.78, 5) is 11.8. The Kier molecular flexibility index (Phi) is 7.70. The number of H-pyrrole nitrogens is 1. The molecule has 3 aromatic heterocycles. The fourth-order valence-corrected chi connectivity index (χ4v) is 3.02. The Bertz CT molecular complexity index is 1080. The Morgan fingerprint density at radius 1 is 0.900 bits per heavy atom. The van der Waals surface area contributed by atoms with Gasteiger partial charge in [0.05, 0.1) is 5.56 Å². The van der Waals surface area contributed by atoms with Crippen LogP contribution in [-0.4, -0.2) is 15.0 Å². The van der Waals surface area contributed by atoms with Crippen LogP contribution in [0.4, 0.5) is 19.0 Å². The summed E-state index contributed by atoms with van der Waals surface area (Å²) in [6, 6.07) is 12.9. The molecular weight excluding hydrogens is 436 g/mol. The summed E-state index contributed by atoms with van der Waals surface area (Å²) in [5, 5.41) is 4.22. The fraction of sp³-hybridized carbons (Fsp3) is 0.143. The molecule has 4 nitrogen and oxygen atoms in total. The van der Waals surface area contributed by atoms with Gasteiger partial charge in [0.15, 0.2) is 0 Å². The predicted molar refractivity (Wildman–Crippen MR) is 116 cm³/mol. The minimum absolute atomic E-state index is 0. The largest absolute Gasteiger partial charge is 0.416 e. The van der Waals surface area contributed by atoms with E-state index in [9.17, 15) is 13.2 Å². The predicted octanol–water partition coefficient (Wildman–Crippen LogP) is 6.02. The lowest BCUT2D eigenvalue weighted by atomic mass is 10.1. The lowest BCUT2D eigenvalue weighted by molar-refractivity contribution is -0.137. The number of halogens is 5. The smallest absolute Gasteiger partial charge is 0.366 e. The monoisotopic (exact) mass is 454 g/mol. The Morgan fingerprint density at radius 3 is 2.30 bits per heavy atom. The lowest BCUT2D eigenvalue weighted by Crippen LogP contribution is -2.06. The zero-order valence-electron chi connectivity index (χ0n) is 15.6. The van der Waals surface area contributed by atoms with Crippen molar-refractivity contribution in [3.05, 3.63) is 89.4 Å². The second-order valence-electron chi connectivity index (χ2n) is 6.49. The van der Waals surface area contributed by atoms with E-state index in [0.29, 0.717) is 12.4 Å². The first kappa shape index (κ1) is 23.5. The minimum Gasteiger partial charge on any atom is -0.366 e. The van der Waals surface area contributed by atoms with Crippen LogP contribution in [0.3, 0.4) is 0 Å². The van der Waals surface area contributed by atoms with Crippen LogP contribution >= 0.6 is 24.8 Å². The summed E-state index contributed by atoms with van der Waals surface area (Å²) >= 11 is 0. The minimum atomic E-state index is -4.32. The van der Waals surface area contributed by atoms with Crippen molar-refractivity contribution < 1.29 is 13.2 Å². The van der Waals surface area contributed by atoms with Gasteiger partial charge in [0.2, 0.25) is 0 Å². The third-order valence-electron chi connectivity index (χ3n) is 4.51. The second kappa shape index (κ2) is 9.82. The fourth-order valence-electron chi connectivity index (χ4n) is 3.02. The van der Waals surface area contributed by atoms with Crippen LogP contribution in [-0.2, 0) is 19.1 Å². The molecule has 0 radical (unpaired) electrons. The first-order valence-corrected chi connectivity index (χ1v) is 8.75. The van der Waals surface area contributed by atoms with E-state index in [2.05, 4.69) is 20.3 Å². The van der Waals surface area contributed by atoms with Crippen molar-refractivity contribution in [2.24, 2.45) is 0 Å². The number of anilines is 1. The summed E-state index contributed by atoms with van der Waals surface area (Å²) in [5.41, 5.74) is 3.18. The van der Waals surface area contributed by atoms with E-state index < -0.39 is 11.7 Å². The zero-order chi connectivity index (χ0) is 19.6. The number of nitrogens with zero attached hydrogens (tertiary/aromatic N) is 2. The molecule has 0 aliphatic heterocycles. The number of rotatable bonds is 5. The van der Waals surface area contributed by atoms with Crippen LogP contribution in [0.15, 0.2) is 67.1 Å². The van der Waals surface area contributed by atoms with Crippen molar-refractivity contribution in [1.82, 2.24) is 15.0 Å². The van der Waals surface area contributed by atoms with Crippen molar-refractivity contribution in [3.8, 4) is 0 Å². The van der Waals surface area contributed by atoms with Crippen LogP contribution in [0, 0.1) is 0 Å². The van der Waals surface area contributed by atoms with Gasteiger partial charge in [-0.05, 0) is 47.0 Å². The Hall–Kier alpha value is -2.77. The van der Waals surface area contributed by atoms with E-state index in [0.717, 1.165) is 46.3 Å². The molecule has 0 aliphatic rings. The summed E-state index contributed by atoms with van der Waals surface area (Å²) in [7, 11) is 0. The number of nitrogens with one attached hydrogen (secondary N) is 2. The van der Waals surface area contributed by atoms with Gasteiger partial charge < -0.3 is 10.3 Å². The van der Waals surface area contributed by atoms with Crippen LogP contribution in [0.25, 0.3) is 11.0 Å². The van der Waals surface area contributed by atoms with E-state index in [1.54, 1.807) is 12.4 Å². The number of aromatic amines is 1. The molecule has 4 aromatic rings. The molecule has 1 aromatic carbocycles. The molecule has 0 atom stereocenters. The van der Waals surface area contributed by atoms with Gasteiger partial charge in [-0.15, -0.1) is 24.8 Å². The maximum Gasteiger partial charge on any atom is 0.416 e. The van der Waals surface area contributed by atoms with Gasteiger partial charge in [-0.25, -0.2) is 9.97 Å². The maximum absolute atomic E-state index is 12.6. The second-order valence-corrected chi connectivity index (χ2v) is 6.49. The van der Waals surface area contributed by atoms with Crippen LogP contribution in [0.1, 0.15) is 22.3 Å². The van der Waals surface area contributed by atoms with Crippen molar-refractivity contribution in [1.29, 1.82) is 0 Å². The summed E-state index contributed by atoms with van der Waals surface area (Å²) in [6.07, 6.45) is 1.92. The number of hydrogen-bond acceptors (Lipinski definition) is 3. The lowest BCUT2D eigenvalue weighted by Gasteiger charge is -2.09. The van der Waals surface area contributed by atoms with Gasteiger partial charge in [0.25, 0.3) is 0 Å². The Balaban J connectivity index is 0.00000160. The summed E-state index contributed by atoms with van der Waals surface area (Å²) in [6.45, 7) is 0.401. The van der Waals surface area contributed by atoms with Crippen LogP contribution < -0.4 is 5.32 Å². The van der Waals surface area contributed by atoms with E-state index in [1.165, 1.54) is 12.1 Å². The van der Waals surface area contributed by atoms with Crippen molar-refractivity contribution in [2.45, 2.75) is 19.1 Å². The molecule has 0 amide bonds. The van der Waals surface area contributed by atoms with Gasteiger partial charge in [0, 0.05) is 36.9 Å². The molecule has 0 unspecified atom stereocenters. The molecule has 0 bridgehead atoms. The van der Waals surface area contributed by atoms with E-state index in [4.69, 9.17) is 0 Å². The number of alkyl halides is 3. The number of hydrogen-bond donors (Lipinski definition) is 2. The highest BCUT2D eigenvalue weighted by molar-refractivity contribution is 5.85. The third-order valence-corrected chi connectivity index (χ3v) is 4.51. The van der Waals surface area contributed by atoms with E-state index in [-0.39, 0.29) is 24.8 Å². The highest BCUT2D eigenvalue weighted by Crippen LogP contribution is 2.29. The maximum atomic E-state index is 12.6. The van der Waals surface area contributed by atoms with E-state index in [1.807, 2.05) is 30.5 Å². The molecule has 3 heterocycles. The molecular formula is C21H19Cl2F3N4. The highest BCUT2D eigenvalue weighted by atomic mass is 35.5. The van der Waals surface area contributed by atoms with Gasteiger partial charge in [-0.2, -0.15) is 13.2 Å². The summed E-state index contributed by atoms with van der Waals surface area (Å²) < 4.78 is 37.8. The molecule has 0 aliphatic carbocycles. The number of aromatic nitrogens is 3. The Morgan fingerprint density at radius 2 is 1.63 bits per heavy atom. The van der Waals surface area contributed by atoms with E-state index >= 15 is 0 Å². The SMILES string of the molecule is Cl.Cl.FC(F)(F)c1ccc(CNc2ccc(Cc3c[nH]c4ncccc34)cn2)cc1. The average Bonchev–Trinajstić information content (AvgIpc) is 3.10. The van der Waals surface area contributed by atoms with Crippen LogP contribution in [0.2, 0.25) is 0 Å². The topological polar surface area (TPSA) is 53.6 Å². The van der Waals surface area contributed by atoms with Crippen molar-refractivity contribution in [3.63, 3.8) is 0 Å². The van der Waals surface area contributed by atoms with Gasteiger partial charge in [-0.1, -0.05) is 18.2 Å². The van der Waals surface area contributed by atoms with Crippen LogP contribution in [0.5, 0.6) is 0 Å². The molecule has 4 rings (SSSR count). The average molecular weight is 455 g/mol. The normalized spacial score (nSPS) is 10.9.